The van der Waals surface area contributed by atoms with Gasteiger partial charge in [0, 0.05) is 22.5 Å². The number of thiophene rings is 1. The summed E-state index contributed by atoms with van der Waals surface area (Å²) in [5, 5.41) is 4.68. The van der Waals surface area contributed by atoms with Crippen LogP contribution in [0.1, 0.15) is 20.8 Å². The maximum absolute atomic E-state index is 12.9. The zero-order valence-corrected chi connectivity index (χ0v) is 17.4. The molecule has 0 spiro atoms. The van der Waals surface area contributed by atoms with Gasteiger partial charge in [0.2, 0.25) is 0 Å². The van der Waals surface area contributed by atoms with Gasteiger partial charge in [-0.3, -0.25) is 4.79 Å². The van der Waals surface area contributed by atoms with Gasteiger partial charge in [-0.25, -0.2) is 4.98 Å². The molecule has 2 heterocycles. The lowest BCUT2D eigenvalue weighted by molar-refractivity contribution is 0.103. The number of methoxy groups -OCH3 is 2. The van der Waals surface area contributed by atoms with Gasteiger partial charge in [-0.2, -0.15) is 0 Å². The average Bonchev–Trinajstić information content (AvgIpc) is 3.05. The van der Waals surface area contributed by atoms with E-state index in [2.05, 4.69) is 25.2 Å². The van der Waals surface area contributed by atoms with Crippen LogP contribution < -0.4 is 20.5 Å². The Labute approximate surface area is 172 Å². The van der Waals surface area contributed by atoms with E-state index in [4.69, 9.17) is 20.2 Å². The Morgan fingerprint density at radius 3 is 2.55 bits per heavy atom. The molecule has 0 bridgehead atoms. The molecule has 0 saturated carbocycles. The fourth-order valence-electron chi connectivity index (χ4n) is 3.28. The number of hydrogen-bond acceptors (Lipinski definition) is 6. The summed E-state index contributed by atoms with van der Waals surface area (Å²) in [6, 6.07) is 11.3. The third-order valence-corrected chi connectivity index (χ3v) is 6.17. The van der Waals surface area contributed by atoms with Crippen LogP contribution in [-0.4, -0.2) is 25.1 Å². The highest BCUT2D eigenvalue weighted by Gasteiger charge is 2.19. The molecule has 1 amide bonds. The molecule has 2 aromatic carbocycles. The number of rotatable bonds is 4. The van der Waals surface area contributed by atoms with Gasteiger partial charge in [0.05, 0.1) is 25.4 Å². The number of carbonyl (C=O) groups is 1. The molecule has 0 fully saturated rings. The quantitative estimate of drug-likeness (QED) is 0.501. The number of nitrogens with one attached hydrogen (secondary N) is 1. The maximum Gasteiger partial charge on any atom is 0.267 e. The maximum atomic E-state index is 12.9. The number of ether oxygens (including phenoxy) is 2. The van der Waals surface area contributed by atoms with Crippen molar-refractivity contribution in [2.24, 2.45) is 0 Å². The predicted octanol–water partition coefficient (Wildman–Crippen LogP) is 4.92. The van der Waals surface area contributed by atoms with Gasteiger partial charge in [-0.1, -0.05) is 12.1 Å². The largest absolute Gasteiger partial charge is 0.493 e. The second-order valence-electron chi connectivity index (χ2n) is 6.79. The van der Waals surface area contributed by atoms with Crippen molar-refractivity contribution in [3.63, 3.8) is 0 Å². The number of benzene rings is 2. The fraction of sp³-hybridized carbons (Fsp3) is 0.182. The molecule has 0 radical (unpaired) electrons. The second kappa shape index (κ2) is 7.25. The number of hydrogen-bond donors (Lipinski definition) is 2. The van der Waals surface area contributed by atoms with Gasteiger partial charge in [-0.15, -0.1) is 11.3 Å². The standard InChI is InChI=1S/C22H21N3O3S/c1-11-5-6-13-9-15-18(23)20(29-22(15)25-19(13)12(11)2)21(26)24-14-7-8-16(27-3)17(10-14)28-4/h5-10H,23H2,1-4H3,(H,24,26). The lowest BCUT2D eigenvalue weighted by atomic mass is 10.0. The van der Waals surface area contributed by atoms with Gasteiger partial charge in [0.25, 0.3) is 5.91 Å². The molecule has 2 aromatic heterocycles. The van der Waals surface area contributed by atoms with Crippen molar-refractivity contribution in [2.45, 2.75) is 13.8 Å². The lowest BCUT2D eigenvalue weighted by Crippen LogP contribution is -2.12. The Kier molecular flexibility index (Phi) is 4.76. The molecule has 7 heteroatoms. The number of nitrogens with two attached hydrogens (primary N) is 1. The molecule has 4 rings (SSSR count). The third kappa shape index (κ3) is 3.23. The van der Waals surface area contributed by atoms with E-state index in [1.54, 1.807) is 32.4 Å². The second-order valence-corrected chi connectivity index (χ2v) is 7.79. The monoisotopic (exact) mass is 407 g/mol. The number of aromatic nitrogens is 1. The fourth-order valence-corrected chi connectivity index (χ4v) is 4.25. The summed E-state index contributed by atoms with van der Waals surface area (Å²) >= 11 is 1.29. The zero-order valence-electron chi connectivity index (χ0n) is 16.6. The van der Waals surface area contributed by atoms with Gasteiger partial charge >= 0.3 is 0 Å². The van der Waals surface area contributed by atoms with Crippen LogP contribution in [-0.2, 0) is 0 Å². The van der Waals surface area contributed by atoms with E-state index in [0.717, 1.165) is 26.7 Å². The average molecular weight is 407 g/mol. The molecule has 0 aliphatic carbocycles. The molecular weight excluding hydrogens is 386 g/mol. The molecule has 0 aliphatic heterocycles. The van der Waals surface area contributed by atoms with Crippen LogP contribution in [0.4, 0.5) is 11.4 Å². The molecule has 29 heavy (non-hydrogen) atoms. The number of nitrogens with zero attached hydrogens (tertiary/aromatic N) is 1. The van der Waals surface area contributed by atoms with E-state index in [1.807, 2.05) is 12.1 Å². The van der Waals surface area contributed by atoms with Crippen molar-refractivity contribution < 1.29 is 14.3 Å². The van der Waals surface area contributed by atoms with Crippen LogP contribution in [0.25, 0.3) is 21.1 Å². The molecule has 0 atom stereocenters. The molecule has 0 aliphatic rings. The summed E-state index contributed by atoms with van der Waals surface area (Å²) in [7, 11) is 3.11. The van der Waals surface area contributed by atoms with Crippen LogP contribution in [0, 0.1) is 13.8 Å². The zero-order chi connectivity index (χ0) is 20.7. The van der Waals surface area contributed by atoms with Crippen molar-refractivity contribution in [1.82, 2.24) is 4.98 Å². The molecule has 3 N–H and O–H groups in total. The Morgan fingerprint density at radius 2 is 1.83 bits per heavy atom. The Morgan fingerprint density at radius 1 is 1.07 bits per heavy atom. The summed E-state index contributed by atoms with van der Waals surface area (Å²) in [6.07, 6.45) is 0. The minimum absolute atomic E-state index is 0.283. The smallest absolute Gasteiger partial charge is 0.267 e. The van der Waals surface area contributed by atoms with E-state index >= 15 is 0 Å². The van der Waals surface area contributed by atoms with Gasteiger partial charge in [0.15, 0.2) is 11.5 Å². The Hall–Kier alpha value is -3.32. The van der Waals surface area contributed by atoms with Crippen molar-refractivity contribution in [3.8, 4) is 11.5 Å². The highest BCUT2D eigenvalue weighted by atomic mass is 32.1. The normalized spacial score (nSPS) is 11.0. The van der Waals surface area contributed by atoms with Crippen molar-refractivity contribution in [2.75, 3.05) is 25.3 Å². The van der Waals surface area contributed by atoms with E-state index < -0.39 is 0 Å². The van der Waals surface area contributed by atoms with Gasteiger partial charge < -0.3 is 20.5 Å². The van der Waals surface area contributed by atoms with E-state index in [9.17, 15) is 4.79 Å². The van der Waals surface area contributed by atoms with Crippen LogP contribution in [0.3, 0.4) is 0 Å². The summed E-state index contributed by atoms with van der Waals surface area (Å²) in [6.45, 7) is 4.11. The van der Waals surface area contributed by atoms with Gasteiger partial charge in [-0.05, 0) is 43.2 Å². The predicted molar refractivity (Wildman–Crippen MR) is 119 cm³/mol. The summed E-state index contributed by atoms with van der Waals surface area (Å²) in [4.78, 5) is 18.9. The van der Waals surface area contributed by atoms with Crippen molar-refractivity contribution >= 4 is 49.7 Å². The third-order valence-electron chi connectivity index (χ3n) is 5.06. The highest BCUT2D eigenvalue weighted by molar-refractivity contribution is 7.21. The number of nitrogen functional groups attached to an aromatic ring is 1. The number of anilines is 2. The molecule has 148 valence electrons. The first kappa shape index (κ1) is 19.0. The minimum Gasteiger partial charge on any atom is -0.493 e. The Bertz CT molecular complexity index is 1260. The summed E-state index contributed by atoms with van der Waals surface area (Å²) < 4.78 is 10.5. The van der Waals surface area contributed by atoms with Crippen LogP contribution in [0.15, 0.2) is 36.4 Å². The molecule has 0 unspecified atom stereocenters. The first-order valence-electron chi connectivity index (χ1n) is 9.05. The first-order valence-corrected chi connectivity index (χ1v) is 9.87. The van der Waals surface area contributed by atoms with E-state index in [1.165, 1.54) is 16.9 Å². The lowest BCUT2D eigenvalue weighted by Gasteiger charge is -2.10. The minimum atomic E-state index is -0.283. The summed E-state index contributed by atoms with van der Waals surface area (Å²) in [5.41, 5.74) is 10.6. The van der Waals surface area contributed by atoms with Crippen molar-refractivity contribution in [1.29, 1.82) is 0 Å². The van der Waals surface area contributed by atoms with Gasteiger partial charge in [0.1, 0.15) is 9.71 Å². The summed E-state index contributed by atoms with van der Waals surface area (Å²) in [5.74, 6) is 0.844. The molecular formula is C22H21N3O3S. The van der Waals surface area contributed by atoms with Crippen LogP contribution in [0.5, 0.6) is 11.5 Å². The van der Waals surface area contributed by atoms with E-state index in [0.29, 0.717) is 27.8 Å². The number of amides is 1. The number of pyridine rings is 1. The topological polar surface area (TPSA) is 86.5 Å². The van der Waals surface area contributed by atoms with E-state index in [-0.39, 0.29) is 5.91 Å². The number of aryl methyl sites for hydroxylation is 2. The molecule has 0 saturated heterocycles. The highest BCUT2D eigenvalue weighted by Crippen LogP contribution is 2.36. The first-order chi connectivity index (χ1) is 13.9. The van der Waals surface area contributed by atoms with Crippen molar-refractivity contribution in [3.05, 3.63) is 52.4 Å². The molecule has 4 aromatic rings. The SMILES string of the molecule is COc1ccc(NC(=O)c2sc3nc4c(C)c(C)ccc4cc3c2N)cc1OC. The number of fused-ring (bicyclic) bond motifs is 2. The Balaban J connectivity index is 1.73. The number of carbonyl (C=O) groups excluding carboxylic acids is 1. The van der Waals surface area contributed by atoms with Crippen LogP contribution >= 0.6 is 11.3 Å². The molecule has 6 nitrogen and oxygen atoms in total. The van der Waals surface area contributed by atoms with Crippen LogP contribution in [0.2, 0.25) is 0 Å².